The molecule has 3 aromatic carbocycles. The minimum absolute atomic E-state index is 0.0746. The Hall–Kier alpha value is -3.19. The molecule has 0 fully saturated rings. The third kappa shape index (κ3) is 8.43. The van der Waals surface area contributed by atoms with Crippen molar-refractivity contribution in [1.29, 1.82) is 0 Å². The predicted octanol–water partition coefficient (Wildman–Crippen LogP) is 6.94. The quantitative estimate of drug-likeness (QED) is 0.0786. The molecule has 0 aromatic heterocycles. The van der Waals surface area contributed by atoms with Crippen molar-refractivity contribution in [2.45, 2.75) is 65.2 Å². The van der Waals surface area contributed by atoms with E-state index in [4.69, 9.17) is 18.6 Å². The summed E-state index contributed by atoms with van der Waals surface area (Å²) >= 11 is 0. The minimum atomic E-state index is -2.60. The molecule has 5 nitrogen and oxygen atoms in total. The summed E-state index contributed by atoms with van der Waals surface area (Å²) in [5, 5.41) is 2.47. The molecule has 3 rings (SSSR count). The number of methoxy groups -OCH3 is 1. The van der Waals surface area contributed by atoms with Gasteiger partial charge >= 0.3 is 5.97 Å². The second-order valence-corrected chi connectivity index (χ2v) is 16.3. The van der Waals surface area contributed by atoms with E-state index in [0.717, 1.165) is 24.2 Å². The molecule has 0 amide bonds. The minimum Gasteiger partial charge on any atom is -0.497 e. The largest absolute Gasteiger partial charge is 0.497 e. The number of carbonyl (C=O) groups excluding carboxylic acids is 1. The number of hydrogen-bond donors (Lipinski definition) is 0. The van der Waals surface area contributed by atoms with Gasteiger partial charge in [-0.15, -0.1) is 0 Å². The lowest BCUT2D eigenvalue weighted by Crippen LogP contribution is -2.66. The molecule has 0 radical (unpaired) electrons. The van der Waals surface area contributed by atoms with Crippen LogP contribution >= 0.6 is 0 Å². The molecular formula is C36H48O5Si. The van der Waals surface area contributed by atoms with E-state index in [1.54, 1.807) is 13.2 Å². The van der Waals surface area contributed by atoms with E-state index in [0.29, 0.717) is 13.2 Å². The maximum absolute atomic E-state index is 12.8. The Balaban J connectivity index is 1.75. The average Bonchev–Trinajstić information content (AvgIpc) is 3.00. The second-order valence-electron chi connectivity index (χ2n) is 12.0. The molecule has 0 aliphatic heterocycles. The van der Waals surface area contributed by atoms with E-state index in [9.17, 15) is 4.79 Å². The zero-order valence-electron chi connectivity index (χ0n) is 26.2. The van der Waals surface area contributed by atoms with Gasteiger partial charge in [-0.2, -0.15) is 0 Å². The third-order valence-electron chi connectivity index (χ3n) is 7.91. The van der Waals surface area contributed by atoms with Crippen molar-refractivity contribution in [2.24, 2.45) is 11.8 Å². The molecular weight excluding hydrogens is 540 g/mol. The highest BCUT2D eigenvalue weighted by molar-refractivity contribution is 6.99. The molecule has 3 aromatic rings. The summed E-state index contributed by atoms with van der Waals surface area (Å²) in [6.07, 6.45) is 2.98. The summed E-state index contributed by atoms with van der Waals surface area (Å²) in [7, 11) is -0.945. The van der Waals surface area contributed by atoms with Crippen LogP contribution in [-0.4, -0.2) is 40.7 Å². The molecule has 42 heavy (non-hydrogen) atoms. The Kier molecular flexibility index (Phi) is 12.6. The van der Waals surface area contributed by atoms with Gasteiger partial charge in [0.15, 0.2) is 0 Å². The molecule has 0 unspecified atom stereocenters. The number of carbonyl (C=O) groups is 1. The van der Waals surface area contributed by atoms with Crippen molar-refractivity contribution in [1.82, 2.24) is 0 Å². The Morgan fingerprint density at radius 2 is 1.48 bits per heavy atom. The first-order valence-electron chi connectivity index (χ1n) is 14.9. The predicted molar refractivity (Wildman–Crippen MR) is 174 cm³/mol. The lowest BCUT2D eigenvalue weighted by molar-refractivity contribution is -0.154. The normalized spacial score (nSPS) is 14.0. The first-order valence-corrected chi connectivity index (χ1v) is 16.8. The van der Waals surface area contributed by atoms with Crippen LogP contribution in [-0.2, 0) is 25.3 Å². The van der Waals surface area contributed by atoms with Crippen molar-refractivity contribution >= 4 is 24.7 Å². The van der Waals surface area contributed by atoms with E-state index >= 15 is 0 Å². The summed E-state index contributed by atoms with van der Waals surface area (Å²) in [5.41, 5.74) is 1.02. The fourth-order valence-corrected chi connectivity index (χ4v) is 10.3. The standard InChI is InChI=1S/C36H48O5Si/c1-8-25-39-35(37)29(3)34(40-27-30-21-23-31(38-7)24-22-30)28(2)16-15-26-41-42(36(4,5)6,32-17-11-9-12-18-32)33-19-13-10-14-20-33/h8-14,17-24,28-29,34H,1,15-16,25-27H2,2-7H3/t28-,29+,34+/m1/s1. The molecule has 0 saturated heterocycles. The number of benzene rings is 3. The lowest BCUT2D eigenvalue weighted by atomic mass is 9.90. The van der Waals surface area contributed by atoms with Gasteiger partial charge in [0.1, 0.15) is 12.4 Å². The zero-order chi connectivity index (χ0) is 30.6. The first kappa shape index (κ1) is 33.3. The van der Waals surface area contributed by atoms with Gasteiger partial charge in [-0.1, -0.05) is 113 Å². The van der Waals surface area contributed by atoms with Crippen LogP contribution < -0.4 is 15.1 Å². The van der Waals surface area contributed by atoms with Crippen LogP contribution in [0.2, 0.25) is 5.04 Å². The molecule has 6 heteroatoms. The second kappa shape index (κ2) is 15.9. The molecule has 0 spiro atoms. The number of rotatable bonds is 16. The summed E-state index contributed by atoms with van der Waals surface area (Å²) < 4.78 is 24.2. The van der Waals surface area contributed by atoms with Crippen LogP contribution in [0, 0.1) is 11.8 Å². The van der Waals surface area contributed by atoms with Crippen molar-refractivity contribution in [2.75, 3.05) is 20.3 Å². The topological polar surface area (TPSA) is 54.0 Å². The van der Waals surface area contributed by atoms with Crippen molar-refractivity contribution in [3.63, 3.8) is 0 Å². The SMILES string of the molecule is C=CCOC(=O)[C@@H](C)[C@@H](OCc1ccc(OC)cc1)[C@H](C)CCCO[Si](c1ccccc1)(c1ccccc1)C(C)(C)C. The van der Waals surface area contributed by atoms with Crippen LogP contribution in [0.4, 0.5) is 0 Å². The third-order valence-corrected chi connectivity index (χ3v) is 13.0. The Morgan fingerprint density at radius 3 is 1.98 bits per heavy atom. The lowest BCUT2D eigenvalue weighted by Gasteiger charge is -2.43. The zero-order valence-corrected chi connectivity index (χ0v) is 27.2. The van der Waals surface area contributed by atoms with Crippen molar-refractivity contribution < 1.29 is 23.4 Å². The van der Waals surface area contributed by atoms with Crippen LogP contribution in [0.25, 0.3) is 0 Å². The van der Waals surface area contributed by atoms with Gasteiger partial charge in [0, 0.05) is 6.61 Å². The van der Waals surface area contributed by atoms with E-state index < -0.39 is 14.2 Å². The van der Waals surface area contributed by atoms with E-state index in [1.807, 2.05) is 31.2 Å². The molecule has 0 aliphatic rings. The molecule has 226 valence electrons. The van der Waals surface area contributed by atoms with Gasteiger partial charge < -0.3 is 18.6 Å². The van der Waals surface area contributed by atoms with E-state index in [-0.39, 0.29) is 29.6 Å². The Morgan fingerprint density at radius 1 is 0.905 bits per heavy atom. The number of hydrogen-bond acceptors (Lipinski definition) is 5. The first-order chi connectivity index (χ1) is 20.1. The van der Waals surface area contributed by atoms with Gasteiger partial charge in [0.05, 0.1) is 25.7 Å². The summed E-state index contributed by atoms with van der Waals surface area (Å²) in [6, 6.07) is 29.2. The van der Waals surface area contributed by atoms with E-state index in [2.05, 4.69) is 94.9 Å². The van der Waals surface area contributed by atoms with Gasteiger partial charge in [-0.05, 0) is 58.8 Å². The maximum atomic E-state index is 12.8. The van der Waals surface area contributed by atoms with Crippen LogP contribution in [0.15, 0.2) is 97.6 Å². The molecule has 3 atom stereocenters. The highest BCUT2D eigenvalue weighted by Gasteiger charge is 2.50. The van der Waals surface area contributed by atoms with Gasteiger partial charge in [0.25, 0.3) is 8.32 Å². The molecule has 0 aliphatic carbocycles. The summed E-state index contributed by atoms with van der Waals surface area (Å²) in [4.78, 5) is 12.8. The van der Waals surface area contributed by atoms with Gasteiger partial charge in [-0.25, -0.2) is 0 Å². The van der Waals surface area contributed by atoms with Gasteiger partial charge in [-0.3, -0.25) is 4.79 Å². The molecule has 0 saturated carbocycles. The van der Waals surface area contributed by atoms with Crippen LogP contribution in [0.3, 0.4) is 0 Å². The fourth-order valence-electron chi connectivity index (χ4n) is 5.68. The van der Waals surface area contributed by atoms with Crippen LogP contribution in [0.1, 0.15) is 53.0 Å². The highest BCUT2D eigenvalue weighted by Crippen LogP contribution is 2.37. The summed E-state index contributed by atoms with van der Waals surface area (Å²) in [5.74, 6) is 0.212. The van der Waals surface area contributed by atoms with E-state index in [1.165, 1.54) is 10.4 Å². The fraction of sp³-hybridized carbons (Fsp3) is 0.417. The van der Waals surface area contributed by atoms with Crippen molar-refractivity contribution in [3.05, 3.63) is 103 Å². The maximum Gasteiger partial charge on any atom is 0.311 e. The smallest absolute Gasteiger partial charge is 0.311 e. The van der Waals surface area contributed by atoms with Gasteiger partial charge in [0.2, 0.25) is 0 Å². The molecule has 0 N–H and O–H groups in total. The number of ether oxygens (including phenoxy) is 3. The summed E-state index contributed by atoms with van der Waals surface area (Å²) in [6.45, 7) is 15.8. The monoisotopic (exact) mass is 588 g/mol. The Labute approximate surface area is 254 Å². The number of esters is 1. The Bertz CT molecular complexity index is 1180. The van der Waals surface area contributed by atoms with Crippen LogP contribution in [0.5, 0.6) is 5.75 Å². The van der Waals surface area contributed by atoms with Crippen molar-refractivity contribution in [3.8, 4) is 5.75 Å². The molecule has 0 heterocycles. The highest BCUT2D eigenvalue weighted by atomic mass is 28.4. The molecule has 0 bridgehead atoms. The average molecular weight is 589 g/mol.